The van der Waals surface area contributed by atoms with E-state index in [0.717, 1.165) is 124 Å². The number of nitrogens with zero attached hydrogens (tertiary/aromatic N) is 9. The predicted molar refractivity (Wildman–Crippen MR) is 215 cm³/mol. The number of fused-ring (bicyclic) bond motifs is 4. The second-order valence-electron chi connectivity index (χ2n) is 15.4. The summed E-state index contributed by atoms with van der Waals surface area (Å²) in [5.41, 5.74) is 8.09. The standard InChI is InChI=1S/C40H44N12O2S/c1-23(2)43-35-29(21-42-34-26-8-7-25(20-41)19-30(26)44-36(34)35)39-46-47-40(55-39)52-17-15-50(16-18-52)22-24-11-13-51(14-12-24)31-6-4-5-27-33(48-49(3)37(27)31)28-9-10-32(53)45-38(28)54/h4-8,19,21,23-24,28,44H,9-18,22H2,1-3H3,(H,42,43)(H,45,53,54). The first-order valence-electron chi connectivity index (χ1n) is 19.2. The minimum atomic E-state index is -0.406. The highest BCUT2D eigenvalue weighted by atomic mass is 32.1. The molecule has 14 nitrogen and oxygen atoms in total. The molecule has 3 fully saturated rings. The van der Waals surface area contributed by atoms with Gasteiger partial charge in [0.2, 0.25) is 16.9 Å². The van der Waals surface area contributed by atoms with Crippen LogP contribution in [0.25, 0.3) is 43.4 Å². The van der Waals surface area contributed by atoms with Gasteiger partial charge in [-0.15, -0.1) is 10.2 Å². The van der Waals surface area contributed by atoms with Gasteiger partial charge in [0.1, 0.15) is 0 Å². The number of pyridine rings is 1. The number of carbonyl (C=O) groups excluding carboxylic acids is 2. The van der Waals surface area contributed by atoms with E-state index >= 15 is 0 Å². The van der Waals surface area contributed by atoms with Gasteiger partial charge in [-0.1, -0.05) is 23.5 Å². The third-order valence-corrected chi connectivity index (χ3v) is 12.4. The molecule has 0 saturated carbocycles. The molecule has 3 saturated heterocycles. The van der Waals surface area contributed by atoms with Crippen LogP contribution in [0.4, 0.5) is 16.5 Å². The van der Waals surface area contributed by atoms with Crippen molar-refractivity contribution in [2.24, 2.45) is 13.0 Å². The van der Waals surface area contributed by atoms with Crippen molar-refractivity contribution in [3.8, 4) is 16.6 Å². The summed E-state index contributed by atoms with van der Waals surface area (Å²) >= 11 is 1.60. The second-order valence-corrected chi connectivity index (χ2v) is 16.3. The van der Waals surface area contributed by atoms with E-state index in [-0.39, 0.29) is 17.9 Å². The highest BCUT2D eigenvalue weighted by Crippen LogP contribution is 2.40. The number of hydrogen-bond acceptors (Lipinski definition) is 12. The number of aromatic amines is 1. The number of hydrogen-bond donors (Lipinski definition) is 3. The zero-order valence-electron chi connectivity index (χ0n) is 31.3. The number of anilines is 3. The Morgan fingerprint density at radius 1 is 1.00 bits per heavy atom. The van der Waals surface area contributed by atoms with E-state index in [2.05, 4.69) is 78.6 Å². The van der Waals surface area contributed by atoms with Crippen LogP contribution in [0.3, 0.4) is 0 Å². The monoisotopic (exact) mass is 756 g/mol. The summed E-state index contributed by atoms with van der Waals surface area (Å²) < 4.78 is 1.91. The summed E-state index contributed by atoms with van der Waals surface area (Å²) in [4.78, 5) is 40.2. The maximum Gasteiger partial charge on any atom is 0.235 e. The Morgan fingerprint density at radius 3 is 2.58 bits per heavy atom. The van der Waals surface area contributed by atoms with Gasteiger partial charge in [0.15, 0.2) is 5.01 Å². The number of H-pyrrole nitrogens is 1. The summed E-state index contributed by atoms with van der Waals surface area (Å²) in [6.45, 7) is 11.1. The highest BCUT2D eigenvalue weighted by Gasteiger charge is 2.33. The zero-order chi connectivity index (χ0) is 37.8. The van der Waals surface area contributed by atoms with Gasteiger partial charge in [0.05, 0.1) is 56.7 Å². The molecule has 0 aliphatic carbocycles. The van der Waals surface area contributed by atoms with Crippen molar-refractivity contribution in [1.82, 2.24) is 40.2 Å². The summed E-state index contributed by atoms with van der Waals surface area (Å²) in [6, 6.07) is 14.4. The first-order chi connectivity index (χ1) is 26.7. The molecule has 9 rings (SSSR count). The number of nitrogens with one attached hydrogen (secondary N) is 3. The Labute approximate surface area is 322 Å². The minimum absolute atomic E-state index is 0.188. The molecule has 0 bridgehead atoms. The van der Waals surface area contributed by atoms with E-state index in [9.17, 15) is 14.9 Å². The average Bonchev–Trinajstić information content (AvgIpc) is 3.91. The Morgan fingerprint density at radius 2 is 1.82 bits per heavy atom. The van der Waals surface area contributed by atoms with Crippen molar-refractivity contribution < 1.29 is 9.59 Å². The van der Waals surface area contributed by atoms with Crippen molar-refractivity contribution in [2.45, 2.75) is 51.5 Å². The fourth-order valence-corrected chi connectivity index (χ4v) is 9.51. The van der Waals surface area contributed by atoms with Crippen LogP contribution in [-0.2, 0) is 16.6 Å². The zero-order valence-corrected chi connectivity index (χ0v) is 32.1. The molecule has 2 aromatic carbocycles. The fourth-order valence-electron chi connectivity index (χ4n) is 8.60. The highest BCUT2D eigenvalue weighted by molar-refractivity contribution is 7.18. The Kier molecular flexibility index (Phi) is 9.10. The molecular formula is C40H44N12O2S. The topological polar surface area (TPSA) is 164 Å². The molecule has 1 unspecified atom stereocenters. The van der Waals surface area contributed by atoms with E-state index in [4.69, 9.17) is 10.1 Å². The van der Waals surface area contributed by atoms with Crippen molar-refractivity contribution in [1.29, 1.82) is 5.26 Å². The van der Waals surface area contributed by atoms with Crippen molar-refractivity contribution >= 4 is 72.5 Å². The molecule has 7 heterocycles. The lowest BCUT2D eigenvalue weighted by Crippen LogP contribution is -2.49. The van der Waals surface area contributed by atoms with Gasteiger partial charge in [-0.2, -0.15) is 10.4 Å². The number of carbonyl (C=O) groups is 2. The molecule has 3 N–H and O–H groups in total. The molecule has 55 heavy (non-hydrogen) atoms. The molecule has 3 aliphatic rings. The third kappa shape index (κ3) is 6.53. The number of para-hydroxylation sites is 1. The first-order valence-corrected chi connectivity index (χ1v) is 20.0. The van der Waals surface area contributed by atoms with Crippen LogP contribution in [0.15, 0.2) is 42.6 Å². The maximum atomic E-state index is 12.7. The van der Waals surface area contributed by atoms with Gasteiger partial charge >= 0.3 is 0 Å². The summed E-state index contributed by atoms with van der Waals surface area (Å²) in [5, 5.41) is 33.4. The normalized spacial score (nSPS) is 18.9. The molecule has 4 aromatic heterocycles. The van der Waals surface area contributed by atoms with Crippen LogP contribution in [0, 0.1) is 17.2 Å². The Hall–Kier alpha value is -5.59. The van der Waals surface area contributed by atoms with Crippen LogP contribution < -0.4 is 20.4 Å². The van der Waals surface area contributed by atoms with Crippen molar-refractivity contribution in [3.05, 3.63) is 53.9 Å². The van der Waals surface area contributed by atoms with Gasteiger partial charge in [0, 0.05) is 87.8 Å². The molecule has 6 aromatic rings. The quantitative estimate of drug-likeness (QED) is 0.171. The summed E-state index contributed by atoms with van der Waals surface area (Å²) in [6.07, 6.45) is 4.96. The molecule has 3 aliphatic heterocycles. The lowest BCUT2D eigenvalue weighted by Gasteiger charge is -2.39. The SMILES string of the molecule is CC(C)Nc1c(-c2nnc(N3CCN(CC4CCN(c5cccc6c(C7CCC(=O)NC7=O)nn(C)c56)CC4)CC3)s2)cnc2c1[nH]c1cc(C#N)ccc12. The number of imide groups is 1. The van der Waals surface area contributed by atoms with Crippen molar-refractivity contribution in [2.75, 3.05) is 60.9 Å². The van der Waals surface area contributed by atoms with Crippen LogP contribution in [0.1, 0.15) is 56.7 Å². The molecule has 1 atom stereocenters. The summed E-state index contributed by atoms with van der Waals surface area (Å²) in [5.74, 6) is -0.235. The number of aryl methyl sites for hydroxylation is 1. The number of piperidine rings is 2. The van der Waals surface area contributed by atoms with Gasteiger partial charge in [-0.3, -0.25) is 29.5 Å². The molecule has 0 spiro atoms. The third-order valence-electron chi connectivity index (χ3n) is 11.4. The van der Waals surface area contributed by atoms with Crippen LogP contribution in [0.5, 0.6) is 0 Å². The van der Waals surface area contributed by atoms with Crippen molar-refractivity contribution in [3.63, 3.8) is 0 Å². The second kappa shape index (κ2) is 14.2. The molecule has 2 amide bonds. The van der Waals surface area contributed by atoms with E-state index in [1.54, 1.807) is 11.3 Å². The molecule has 15 heteroatoms. The molecular weight excluding hydrogens is 713 g/mol. The lowest BCUT2D eigenvalue weighted by atomic mass is 9.92. The number of aromatic nitrogens is 6. The molecule has 0 radical (unpaired) electrons. The minimum Gasteiger partial charge on any atom is -0.381 e. The van der Waals surface area contributed by atoms with Gasteiger partial charge in [-0.25, -0.2) is 0 Å². The van der Waals surface area contributed by atoms with Gasteiger partial charge in [0.25, 0.3) is 0 Å². The smallest absolute Gasteiger partial charge is 0.235 e. The Bertz CT molecular complexity index is 2480. The Balaban J connectivity index is 0.834. The largest absolute Gasteiger partial charge is 0.381 e. The van der Waals surface area contributed by atoms with E-state index in [1.807, 2.05) is 36.1 Å². The van der Waals surface area contributed by atoms with Crippen LogP contribution in [0.2, 0.25) is 0 Å². The number of amides is 2. The van der Waals surface area contributed by atoms with Crippen LogP contribution in [-0.4, -0.2) is 98.5 Å². The van der Waals surface area contributed by atoms with Gasteiger partial charge < -0.3 is 20.1 Å². The van der Waals surface area contributed by atoms with Gasteiger partial charge in [-0.05, 0) is 63.3 Å². The fraction of sp³-hybridized carbons (Fsp3) is 0.425. The number of nitriles is 1. The average molecular weight is 757 g/mol. The number of benzene rings is 2. The lowest BCUT2D eigenvalue weighted by molar-refractivity contribution is -0.134. The van der Waals surface area contributed by atoms with E-state index in [1.165, 1.54) is 0 Å². The molecule has 282 valence electrons. The van der Waals surface area contributed by atoms with Crippen LogP contribution >= 0.6 is 11.3 Å². The maximum absolute atomic E-state index is 12.7. The number of piperazine rings is 1. The first kappa shape index (κ1) is 35.1. The van der Waals surface area contributed by atoms with E-state index in [0.29, 0.717) is 24.3 Å². The summed E-state index contributed by atoms with van der Waals surface area (Å²) in [7, 11) is 1.95. The predicted octanol–water partition coefficient (Wildman–Crippen LogP) is 5.37. The number of rotatable bonds is 8. The van der Waals surface area contributed by atoms with E-state index < -0.39 is 5.92 Å².